The number of nitrogens with two attached hydrogens (primary N) is 1. The summed E-state index contributed by atoms with van der Waals surface area (Å²) in [5.74, 6) is 1.72. The first kappa shape index (κ1) is 9.83. The van der Waals surface area contributed by atoms with Crippen LogP contribution in [0.25, 0.3) is 0 Å². The molecule has 3 saturated heterocycles. The van der Waals surface area contributed by atoms with Crippen molar-refractivity contribution < 1.29 is 4.74 Å². The molecule has 0 aliphatic carbocycles. The van der Waals surface area contributed by atoms with E-state index in [0.29, 0.717) is 0 Å². The Bertz CT molecular complexity index is 420. The summed E-state index contributed by atoms with van der Waals surface area (Å²) in [6.45, 7) is 4.33. The van der Waals surface area contributed by atoms with Crippen molar-refractivity contribution in [3.63, 3.8) is 0 Å². The maximum absolute atomic E-state index is 6.30. The van der Waals surface area contributed by atoms with Gasteiger partial charge in [-0.15, -0.1) is 0 Å². The zero-order valence-electron chi connectivity index (χ0n) is 10.0. The highest BCUT2D eigenvalue weighted by Gasteiger charge is 2.52. The van der Waals surface area contributed by atoms with Crippen molar-refractivity contribution in [2.75, 3.05) is 26.2 Å². The van der Waals surface area contributed by atoms with Crippen LogP contribution in [0.3, 0.4) is 0 Å². The van der Waals surface area contributed by atoms with Crippen LogP contribution in [-0.2, 0) is 4.74 Å². The summed E-state index contributed by atoms with van der Waals surface area (Å²) in [4.78, 5) is 2.55. The molecule has 92 valence electrons. The third-order valence-electron chi connectivity index (χ3n) is 4.72. The summed E-state index contributed by atoms with van der Waals surface area (Å²) in [6.07, 6.45) is 5.73. The number of dihydropyridines is 1. The molecular formula is C13H19N3O. The minimum Gasteiger partial charge on any atom is -0.470 e. The minimum atomic E-state index is 0.0509. The highest BCUT2D eigenvalue weighted by atomic mass is 16.5. The molecule has 1 spiro atoms. The van der Waals surface area contributed by atoms with Crippen molar-refractivity contribution in [1.82, 2.24) is 10.2 Å². The van der Waals surface area contributed by atoms with E-state index in [-0.39, 0.29) is 5.60 Å². The topological polar surface area (TPSA) is 50.5 Å². The van der Waals surface area contributed by atoms with Gasteiger partial charge in [0.25, 0.3) is 0 Å². The fourth-order valence-corrected chi connectivity index (χ4v) is 3.87. The number of ether oxygens (including phenoxy) is 1. The van der Waals surface area contributed by atoms with Crippen LogP contribution in [0.15, 0.2) is 23.2 Å². The monoisotopic (exact) mass is 233 g/mol. The molecule has 5 heterocycles. The van der Waals surface area contributed by atoms with E-state index in [2.05, 4.69) is 16.3 Å². The smallest absolute Gasteiger partial charge is 0.191 e. The Hall–Kier alpha value is -1.16. The van der Waals surface area contributed by atoms with Gasteiger partial charge in [-0.2, -0.15) is 0 Å². The average Bonchev–Trinajstić information content (AvgIpc) is 2.67. The first-order valence-corrected chi connectivity index (χ1v) is 6.60. The van der Waals surface area contributed by atoms with Crippen LogP contribution < -0.4 is 11.1 Å². The highest BCUT2D eigenvalue weighted by Crippen LogP contribution is 2.47. The van der Waals surface area contributed by atoms with Gasteiger partial charge in [0.05, 0.1) is 6.54 Å². The zero-order valence-corrected chi connectivity index (χ0v) is 10.0. The average molecular weight is 233 g/mol. The van der Waals surface area contributed by atoms with Gasteiger partial charge in [0.2, 0.25) is 0 Å². The van der Waals surface area contributed by atoms with E-state index in [0.717, 1.165) is 37.0 Å². The second kappa shape index (κ2) is 3.19. The Labute approximate surface area is 101 Å². The maximum atomic E-state index is 6.30. The Morgan fingerprint density at radius 1 is 1.41 bits per heavy atom. The predicted molar refractivity (Wildman–Crippen MR) is 64.9 cm³/mol. The van der Waals surface area contributed by atoms with Crippen LogP contribution in [0.2, 0.25) is 0 Å². The number of hydrogen-bond acceptors (Lipinski definition) is 4. The molecule has 1 atom stereocenters. The van der Waals surface area contributed by atoms with E-state index < -0.39 is 0 Å². The summed E-state index contributed by atoms with van der Waals surface area (Å²) >= 11 is 0. The molecule has 3 fully saturated rings. The molecule has 2 bridgehead atoms. The molecule has 0 saturated carbocycles. The number of piperidine rings is 3. The van der Waals surface area contributed by atoms with Gasteiger partial charge in [-0.05, 0) is 32.0 Å². The molecule has 0 aromatic heterocycles. The van der Waals surface area contributed by atoms with Crippen molar-refractivity contribution in [2.45, 2.75) is 24.9 Å². The molecule has 0 aromatic carbocycles. The lowest BCUT2D eigenvalue weighted by atomic mass is 9.73. The van der Waals surface area contributed by atoms with E-state index in [1.54, 1.807) is 0 Å². The van der Waals surface area contributed by atoms with Crippen LogP contribution in [0.1, 0.15) is 19.3 Å². The summed E-state index contributed by atoms with van der Waals surface area (Å²) in [7, 11) is 0. The molecule has 0 amide bonds. The molecule has 0 aromatic rings. The first-order chi connectivity index (χ1) is 8.25. The van der Waals surface area contributed by atoms with Crippen molar-refractivity contribution >= 4 is 0 Å². The van der Waals surface area contributed by atoms with E-state index >= 15 is 0 Å². The van der Waals surface area contributed by atoms with Gasteiger partial charge in [0.1, 0.15) is 5.60 Å². The molecule has 0 unspecified atom stereocenters. The zero-order chi connectivity index (χ0) is 11.5. The third kappa shape index (κ3) is 1.33. The summed E-state index contributed by atoms with van der Waals surface area (Å²) in [6, 6.07) is 0. The SMILES string of the molecule is NC1=CC2=C(NC1)O[C@]1(C2)CN2CCC1CC2. The Morgan fingerprint density at radius 3 is 2.94 bits per heavy atom. The number of rotatable bonds is 0. The molecule has 17 heavy (non-hydrogen) atoms. The van der Waals surface area contributed by atoms with Crippen LogP contribution in [0.5, 0.6) is 0 Å². The van der Waals surface area contributed by atoms with Crippen molar-refractivity contribution in [1.29, 1.82) is 0 Å². The Morgan fingerprint density at radius 2 is 2.24 bits per heavy atom. The van der Waals surface area contributed by atoms with Crippen molar-refractivity contribution in [3.8, 4) is 0 Å². The normalized spacial score (nSPS) is 43.2. The molecule has 4 nitrogen and oxygen atoms in total. The van der Waals surface area contributed by atoms with E-state index in [1.807, 2.05) is 0 Å². The summed E-state index contributed by atoms with van der Waals surface area (Å²) < 4.78 is 6.30. The van der Waals surface area contributed by atoms with Gasteiger partial charge in [-0.3, -0.25) is 4.90 Å². The van der Waals surface area contributed by atoms with Gasteiger partial charge in [-0.25, -0.2) is 0 Å². The largest absolute Gasteiger partial charge is 0.470 e. The van der Waals surface area contributed by atoms with Crippen LogP contribution in [0, 0.1) is 5.92 Å². The molecule has 5 rings (SSSR count). The molecule has 5 aliphatic rings. The van der Waals surface area contributed by atoms with E-state index in [4.69, 9.17) is 10.5 Å². The second-order valence-electron chi connectivity index (χ2n) is 5.82. The van der Waals surface area contributed by atoms with Crippen LogP contribution >= 0.6 is 0 Å². The summed E-state index contributed by atoms with van der Waals surface area (Å²) in [5, 5.41) is 3.31. The lowest BCUT2D eigenvalue weighted by Crippen LogP contribution is -2.59. The minimum absolute atomic E-state index is 0.0509. The van der Waals surface area contributed by atoms with Gasteiger partial charge in [-0.1, -0.05) is 0 Å². The van der Waals surface area contributed by atoms with E-state index in [9.17, 15) is 0 Å². The maximum Gasteiger partial charge on any atom is 0.191 e. The fraction of sp³-hybridized carbons (Fsp3) is 0.692. The molecule has 5 aliphatic heterocycles. The van der Waals surface area contributed by atoms with Gasteiger partial charge in [0, 0.05) is 30.2 Å². The lowest BCUT2D eigenvalue weighted by Gasteiger charge is -2.50. The lowest BCUT2D eigenvalue weighted by molar-refractivity contribution is -0.116. The van der Waals surface area contributed by atoms with Gasteiger partial charge in [0.15, 0.2) is 5.88 Å². The third-order valence-corrected chi connectivity index (χ3v) is 4.72. The molecule has 4 heteroatoms. The number of nitrogens with zero attached hydrogens (tertiary/aromatic N) is 1. The Kier molecular flexibility index (Phi) is 1.85. The number of nitrogens with one attached hydrogen (secondary N) is 1. The van der Waals surface area contributed by atoms with Crippen LogP contribution in [0.4, 0.5) is 0 Å². The summed E-state index contributed by atoms with van der Waals surface area (Å²) in [5.41, 5.74) is 8.14. The molecule has 0 radical (unpaired) electrons. The van der Waals surface area contributed by atoms with Crippen LogP contribution in [-0.4, -0.2) is 36.7 Å². The first-order valence-electron chi connectivity index (χ1n) is 6.60. The number of fused-ring (bicyclic) bond motifs is 2. The van der Waals surface area contributed by atoms with Crippen molar-refractivity contribution in [3.05, 3.63) is 23.2 Å². The Balaban J connectivity index is 1.64. The molecule has 3 N–H and O–H groups in total. The predicted octanol–water partition coefficient (Wildman–Crippen LogP) is 0.528. The fourth-order valence-electron chi connectivity index (χ4n) is 3.87. The quantitative estimate of drug-likeness (QED) is 0.641. The van der Waals surface area contributed by atoms with E-state index in [1.165, 1.54) is 31.5 Å². The van der Waals surface area contributed by atoms with Crippen molar-refractivity contribution in [2.24, 2.45) is 11.7 Å². The molecular weight excluding hydrogens is 214 g/mol. The number of hydrogen-bond donors (Lipinski definition) is 2. The highest BCUT2D eigenvalue weighted by molar-refractivity contribution is 5.35. The standard InChI is InChI=1S/C13H19N3O/c14-11-5-9-6-13(17-12(9)15-7-11)8-16-3-1-10(13)2-4-16/h5,10,15H,1-4,6-8,14H2/t13-/m1/s1. The van der Waals surface area contributed by atoms with Gasteiger partial charge < -0.3 is 15.8 Å². The second-order valence-corrected chi connectivity index (χ2v) is 5.82. The number of allylic oxidation sites excluding steroid dienone is 1. The van der Waals surface area contributed by atoms with Gasteiger partial charge >= 0.3 is 0 Å².